The zero-order valence-corrected chi connectivity index (χ0v) is 16.1. The normalized spacial score (nSPS) is 24.1. The molecule has 1 aromatic heterocycles. The smallest absolute Gasteiger partial charge is 0.449 e. The lowest BCUT2D eigenvalue weighted by molar-refractivity contribution is -0.201. The Morgan fingerprint density at radius 2 is 2.03 bits per heavy atom. The fraction of sp³-hybridized carbons (Fsp3) is 0.524. The summed E-state index contributed by atoms with van der Waals surface area (Å²) >= 11 is 0. The second-order valence-corrected chi connectivity index (χ2v) is 7.95. The Hall–Kier alpha value is -2.51. The maximum atomic E-state index is 12.9. The fourth-order valence-corrected chi connectivity index (χ4v) is 5.13. The number of nitrogens with zero attached hydrogens (tertiary/aromatic N) is 1. The highest BCUT2D eigenvalue weighted by Gasteiger charge is 2.50. The second kappa shape index (κ2) is 7.07. The number of alkyl halides is 3. The topological polar surface area (TPSA) is 62.4 Å². The van der Waals surface area contributed by atoms with Gasteiger partial charge in [0, 0.05) is 28.7 Å². The van der Waals surface area contributed by atoms with E-state index in [2.05, 4.69) is 16.6 Å². The Balaban J connectivity index is 1.70. The Morgan fingerprint density at radius 3 is 2.76 bits per heavy atom. The number of nitrogens with one attached hydrogen (secondary N) is 1. The van der Waals surface area contributed by atoms with E-state index in [9.17, 15) is 22.8 Å². The predicted molar refractivity (Wildman–Crippen MR) is 100 cm³/mol. The number of fused-ring (bicyclic) bond motifs is 5. The zero-order chi connectivity index (χ0) is 20.8. The molecule has 5 nitrogen and oxygen atoms in total. The molecule has 1 N–H and O–H groups in total. The number of carbonyl (C=O) groups is 2. The van der Waals surface area contributed by atoms with Crippen LogP contribution in [0.1, 0.15) is 49.9 Å². The third-order valence-electron chi connectivity index (χ3n) is 6.52. The average molecular weight is 408 g/mol. The van der Waals surface area contributed by atoms with Gasteiger partial charge in [0.25, 0.3) is 5.91 Å². The van der Waals surface area contributed by atoms with E-state index >= 15 is 0 Å². The maximum absolute atomic E-state index is 12.9. The van der Waals surface area contributed by atoms with Crippen molar-refractivity contribution in [3.63, 3.8) is 0 Å². The molecule has 0 bridgehead atoms. The molecule has 156 valence electrons. The van der Waals surface area contributed by atoms with E-state index in [1.165, 1.54) is 0 Å². The molecule has 1 saturated heterocycles. The molecule has 1 aliphatic carbocycles. The van der Waals surface area contributed by atoms with E-state index in [-0.39, 0.29) is 11.5 Å². The van der Waals surface area contributed by atoms with E-state index in [1.807, 2.05) is 24.3 Å². The summed E-state index contributed by atoms with van der Waals surface area (Å²) in [6.45, 7) is 1.64. The summed E-state index contributed by atoms with van der Waals surface area (Å²) < 4.78 is 41.6. The van der Waals surface area contributed by atoms with Crippen molar-refractivity contribution in [1.82, 2.24) is 9.88 Å². The number of aromatic amines is 1. The third-order valence-corrected chi connectivity index (χ3v) is 6.52. The molecule has 1 aromatic carbocycles. The number of likely N-dealkylation sites (tertiary alicyclic amines) is 1. The van der Waals surface area contributed by atoms with E-state index in [0.29, 0.717) is 6.54 Å². The van der Waals surface area contributed by atoms with Gasteiger partial charge in [-0.3, -0.25) is 4.79 Å². The summed E-state index contributed by atoms with van der Waals surface area (Å²) in [5.41, 5.74) is 3.00. The van der Waals surface area contributed by atoms with Crippen LogP contribution in [0.2, 0.25) is 0 Å². The number of rotatable bonds is 3. The SMILES string of the molecule is CC[C@@]12CCCN(C(=O)COC(=O)C(F)(F)F)[C@@H]1c1c([nH]c3ccccc13)CC2. The van der Waals surface area contributed by atoms with Gasteiger partial charge in [0.15, 0.2) is 6.61 Å². The van der Waals surface area contributed by atoms with Gasteiger partial charge in [-0.1, -0.05) is 25.1 Å². The lowest BCUT2D eigenvalue weighted by Crippen LogP contribution is -2.51. The highest BCUT2D eigenvalue weighted by Crippen LogP contribution is 2.56. The number of aromatic nitrogens is 1. The van der Waals surface area contributed by atoms with Crippen molar-refractivity contribution in [2.75, 3.05) is 13.2 Å². The van der Waals surface area contributed by atoms with Gasteiger partial charge in [-0.05, 0) is 43.6 Å². The average Bonchev–Trinajstić information content (AvgIpc) is 3.09. The molecule has 2 aliphatic rings. The van der Waals surface area contributed by atoms with Gasteiger partial charge in [-0.2, -0.15) is 13.2 Å². The minimum Gasteiger partial charge on any atom is -0.449 e. The van der Waals surface area contributed by atoms with Crippen LogP contribution in [0.25, 0.3) is 10.9 Å². The van der Waals surface area contributed by atoms with Crippen LogP contribution < -0.4 is 0 Å². The number of hydrogen-bond acceptors (Lipinski definition) is 3. The summed E-state index contributed by atoms with van der Waals surface area (Å²) in [7, 11) is 0. The van der Waals surface area contributed by atoms with Crippen LogP contribution in [0, 0.1) is 5.41 Å². The molecule has 1 aliphatic heterocycles. The number of ether oxygens (including phenoxy) is 1. The first kappa shape index (κ1) is 19.8. The summed E-state index contributed by atoms with van der Waals surface area (Å²) in [6, 6.07) is 7.65. The monoisotopic (exact) mass is 408 g/mol. The number of aryl methyl sites for hydroxylation is 1. The minimum atomic E-state index is -5.11. The van der Waals surface area contributed by atoms with Crippen LogP contribution in [0.3, 0.4) is 0 Å². The highest BCUT2D eigenvalue weighted by atomic mass is 19.4. The molecule has 2 atom stereocenters. The zero-order valence-electron chi connectivity index (χ0n) is 16.1. The number of halogens is 3. The molecule has 8 heteroatoms. The van der Waals surface area contributed by atoms with Gasteiger partial charge in [-0.25, -0.2) is 4.79 Å². The van der Waals surface area contributed by atoms with Crippen LogP contribution in [0.4, 0.5) is 13.2 Å². The van der Waals surface area contributed by atoms with Crippen molar-refractivity contribution in [2.24, 2.45) is 5.41 Å². The molecule has 0 spiro atoms. The molecule has 29 heavy (non-hydrogen) atoms. The summed E-state index contributed by atoms with van der Waals surface area (Å²) in [5, 5.41) is 1.04. The van der Waals surface area contributed by atoms with Crippen molar-refractivity contribution in [1.29, 1.82) is 0 Å². The Labute approximate surface area is 166 Å². The maximum Gasteiger partial charge on any atom is 0.490 e. The summed E-state index contributed by atoms with van der Waals surface area (Å²) in [6.07, 6.45) is -0.729. The third kappa shape index (κ3) is 3.28. The second-order valence-electron chi connectivity index (χ2n) is 7.95. The predicted octanol–water partition coefficient (Wildman–Crippen LogP) is 4.28. The van der Waals surface area contributed by atoms with Crippen LogP contribution in [0.15, 0.2) is 24.3 Å². The lowest BCUT2D eigenvalue weighted by Gasteiger charge is -2.52. The van der Waals surface area contributed by atoms with Crippen LogP contribution in [0.5, 0.6) is 0 Å². The molecule has 0 radical (unpaired) electrons. The molecule has 2 heterocycles. The molecule has 0 saturated carbocycles. The van der Waals surface area contributed by atoms with Crippen molar-refractivity contribution < 1.29 is 27.5 Å². The quantitative estimate of drug-likeness (QED) is 0.771. The molecule has 2 aromatic rings. The highest BCUT2D eigenvalue weighted by molar-refractivity contribution is 5.87. The number of esters is 1. The van der Waals surface area contributed by atoms with Gasteiger partial charge in [0.05, 0.1) is 6.04 Å². The van der Waals surface area contributed by atoms with Crippen LogP contribution >= 0.6 is 0 Å². The standard InChI is InChI=1S/C21H23F3N2O3/c1-2-20-9-5-11-26(16(27)12-29-19(28)21(22,23)24)18(20)17-13-6-3-4-7-14(13)25-15(17)8-10-20/h3-4,6-7,18,25H,2,5,8-12H2,1H3/t18-,20+/m1/s1. The van der Waals surface area contributed by atoms with Crippen molar-refractivity contribution in [2.45, 2.75) is 51.2 Å². The fourth-order valence-electron chi connectivity index (χ4n) is 5.13. The van der Waals surface area contributed by atoms with Crippen LogP contribution in [-0.4, -0.2) is 41.1 Å². The van der Waals surface area contributed by atoms with Gasteiger partial charge >= 0.3 is 12.1 Å². The Bertz CT molecular complexity index is 952. The summed E-state index contributed by atoms with van der Waals surface area (Å²) in [4.78, 5) is 29.0. The lowest BCUT2D eigenvalue weighted by atomic mass is 9.62. The number of benzene rings is 1. The van der Waals surface area contributed by atoms with E-state index in [0.717, 1.165) is 54.3 Å². The molecule has 4 rings (SSSR count). The molecular formula is C21H23F3N2O3. The minimum absolute atomic E-state index is 0.125. The first-order valence-corrected chi connectivity index (χ1v) is 9.90. The number of carbonyl (C=O) groups excluding carboxylic acids is 2. The first-order chi connectivity index (χ1) is 13.8. The van der Waals surface area contributed by atoms with Crippen molar-refractivity contribution in [3.05, 3.63) is 35.5 Å². The van der Waals surface area contributed by atoms with Crippen molar-refractivity contribution in [3.8, 4) is 0 Å². The Morgan fingerprint density at radius 1 is 1.28 bits per heavy atom. The largest absolute Gasteiger partial charge is 0.490 e. The molecule has 1 fully saturated rings. The molecule has 0 unspecified atom stereocenters. The first-order valence-electron chi connectivity index (χ1n) is 9.90. The van der Waals surface area contributed by atoms with Crippen molar-refractivity contribution >= 4 is 22.8 Å². The number of para-hydroxylation sites is 1. The van der Waals surface area contributed by atoms with Crippen LogP contribution in [-0.2, 0) is 20.7 Å². The Kier molecular flexibility index (Phi) is 4.83. The number of piperidine rings is 1. The number of H-pyrrole nitrogens is 1. The van der Waals surface area contributed by atoms with Gasteiger partial charge in [0.1, 0.15) is 0 Å². The van der Waals surface area contributed by atoms with E-state index < -0.39 is 24.7 Å². The van der Waals surface area contributed by atoms with Gasteiger partial charge in [-0.15, -0.1) is 0 Å². The molecule has 1 amide bonds. The number of hydrogen-bond donors (Lipinski definition) is 1. The molecular weight excluding hydrogens is 385 g/mol. The van der Waals surface area contributed by atoms with E-state index in [4.69, 9.17) is 0 Å². The van der Waals surface area contributed by atoms with E-state index in [1.54, 1.807) is 4.90 Å². The van der Waals surface area contributed by atoms with Gasteiger partial charge < -0.3 is 14.6 Å². The number of amides is 1. The van der Waals surface area contributed by atoms with Gasteiger partial charge in [0.2, 0.25) is 0 Å². The summed E-state index contributed by atoms with van der Waals surface area (Å²) in [5.74, 6) is -2.91.